The van der Waals surface area contributed by atoms with E-state index in [1.165, 1.54) is 24.2 Å². The lowest BCUT2D eigenvalue weighted by Gasteiger charge is -2.19. The van der Waals surface area contributed by atoms with Gasteiger partial charge in [-0.15, -0.1) is 0 Å². The van der Waals surface area contributed by atoms with Crippen molar-refractivity contribution in [2.75, 3.05) is 7.05 Å². The highest BCUT2D eigenvalue weighted by Crippen LogP contribution is 2.29. The van der Waals surface area contributed by atoms with Gasteiger partial charge < -0.3 is 9.80 Å². The summed E-state index contributed by atoms with van der Waals surface area (Å²) in [7, 11) is 1.56. The van der Waals surface area contributed by atoms with Crippen LogP contribution in [0.5, 0.6) is 0 Å². The van der Waals surface area contributed by atoms with E-state index in [1.807, 2.05) is 19.1 Å². The van der Waals surface area contributed by atoms with Gasteiger partial charge in [0, 0.05) is 31.6 Å². The van der Waals surface area contributed by atoms with Crippen LogP contribution in [-0.2, 0) is 22.7 Å². The van der Waals surface area contributed by atoms with Crippen LogP contribution in [0.3, 0.4) is 0 Å². The Labute approximate surface area is 158 Å². The van der Waals surface area contributed by atoms with E-state index in [9.17, 15) is 14.4 Å². The molecule has 2 aliphatic heterocycles. The van der Waals surface area contributed by atoms with Crippen LogP contribution in [-0.4, -0.2) is 40.7 Å². The van der Waals surface area contributed by atoms with Crippen LogP contribution >= 0.6 is 11.6 Å². The predicted molar refractivity (Wildman–Crippen MR) is 98.6 cm³/mol. The smallest absolute Gasteiger partial charge is 0.324 e. The van der Waals surface area contributed by atoms with Gasteiger partial charge in [-0.3, -0.25) is 14.9 Å². The third kappa shape index (κ3) is 4.18. The molecule has 1 N–H and O–H groups in total. The van der Waals surface area contributed by atoms with Gasteiger partial charge in [-0.1, -0.05) is 36.9 Å². The number of urea groups is 1. The van der Waals surface area contributed by atoms with E-state index in [1.54, 1.807) is 11.9 Å². The molecule has 1 saturated carbocycles. The van der Waals surface area contributed by atoms with E-state index in [4.69, 9.17) is 11.6 Å². The van der Waals surface area contributed by atoms with Crippen molar-refractivity contribution in [3.63, 3.8) is 0 Å². The Morgan fingerprint density at radius 2 is 1.81 bits per heavy atom. The number of hydrogen-bond donors (Lipinski definition) is 1. The molecule has 6 nitrogen and oxygen atoms in total. The van der Waals surface area contributed by atoms with Crippen molar-refractivity contribution in [3.05, 3.63) is 33.8 Å². The Hall–Kier alpha value is -2.08. The van der Waals surface area contributed by atoms with Crippen molar-refractivity contribution in [2.45, 2.75) is 58.2 Å². The van der Waals surface area contributed by atoms with Crippen molar-refractivity contribution in [2.24, 2.45) is 0 Å². The van der Waals surface area contributed by atoms with Gasteiger partial charge >= 0.3 is 6.03 Å². The topological polar surface area (TPSA) is 69.7 Å². The molecule has 0 bridgehead atoms. The first-order valence-corrected chi connectivity index (χ1v) is 9.38. The minimum Gasteiger partial charge on any atom is -0.334 e. The van der Waals surface area contributed by atoms with E-state index in [-0.39, 0.29) is 18.2 Å². The zero-order valence-electron chi connectivity index (χ0n) is 15.2. The Balaban J connectivity index is 0.000000592. The summed E-state index contributed by atoms with van der Waals surface area (Å²) in [5.41, 5.74) is 3.19. The van der Waals surface area contributed by atoms with Gasteiger partial charge in [0.1, 0.15) is 6.04 Å². The molecule has 7 heteroatoms. The number of rotatable bonds is 3. The number of hydrogen-bond acceptors (Lipinski definition) is 3. The molecule has 140 valence electrons. The van der Waals surface area contributed by atoms with E-state index in [2.05, 4.69) is 5.32 Å². The maximum Gasteiger partial charge on any atom is 0.324 e. The highest BCUT2D eigenvalue weighted by molar-refractivity contribution is 6.31. The molecule has 26 heavy (non-hydrogen) atoms. The summed E-state index contributed by atoms with van der Waals surface area (Å²) >= 11 is 6.13. The predicted octanol–water partition coefficient (Wildman–Crippen LogP) is 2.99. The maximum absolute atomic E-state index is 12.4. The van der Waals surface area contributed by atoms with Gasteiger partial charge in [0.05, 0.1) is 0 Å². The molecule has 0 radical (unpaired) electrons. The maximum atomic E-state index is 12.4. The lowest BCUT2D eigenvalue weighted by atomic mass is 10.1. The molecule has 2 fully saturated rings. The summed E-state index contributed by atoms with van der Waals surface area (Å²) in [6.45, 7) is 3.05. The van der Waals surface area contributed by atoms with Crippen molar-refractivity contribution in [1.82, 2.24) is 15.1 Å². The zero-order chi connectivity index (χ0) is 18.8. The van der Waals surface area contributed by atoms with Crippen molar-refractivity contribution >= 4 is 29.4 Å². The lowest BCUT2D eigenvalue weighted by Crippen LogP contribution is -2.33. The molecule has 3 aliphatic rings. The number of carbonyl (C=O) groups is 3. The number of nitrogens with zero attached hydrogens (tertiary/aromatic N) is 2. The van der Waals surface area contributed by atoms with Crippen LogP contribution < -0.4 is 5.32 Å². The van der Waals surface area contributed by atoms with Crippen molar-refractivity contribution in [3.8, 4) is 0 Å². The minimum atomic E-state index is -0.562. The molecule has 1 atom stereocenters. The number of halogens is 1. The fourth-order valence-electron chi connectivity index (χ4n) is 3.06. The average molecular weight is 378 g/mol. The van der Waals surface area contributed by atoms with Crippen molar-refractivity contribution < 1.29 is 14.4 Å². The first kappa shape index (κ1) is 18.7. The van der Waals surface area contributed by atoms with Gasteiger partial charge in [-0.25, -0.2) is 4.79 Å². The summed E-state index contributed by atoms with van der Waals surface area (Å²) in [5.74, 6) is -0.354. The molecule has 1 aromatic carbocycles. The second kappa shape index (κ2) is 7.66. The van der Waals surface area contributed by atoms with Gasteiger partial charge in [0.25, 0.3) is 5.91 Å². The monoisotopic (exact) mass is 377 g/mol. The number of aryl methyl sites for hydroxylation is 1. The van der Waals surface area contributed by atoms with E-state index < -0.39 is 12.1 Å². The largest absolute Gasteiger partial charge is 0.334 e. The fraction of sp³-hybridized carbons (Fsp3) is 0.526. The average Bonchev–Trinajstić information content (AvgIpc) is 3.39. The highest BCUT2D eigenvalue weighted by Gasteiger charge is 2.36. The van der Waals surface area contributed by atoms with E-state index in [0.717, 1.165) is 16.7 Å². The number of amides is 4. The molecule has 4 rings (SSSR count). The quantitative estimate of drug-likeness (QED) is 0.823. The van der Waals surface area contributed by atoms with Crippen LogP contribution in [0.1, 0.15) is 48.8 Å². The number of fused-ring (bicyclic) bond motifs is 1. The number of likely N-dealkylation sites (N-methyl/N-ethyl adjacent to an activating group) is 1. The van der Waals surface area contributed by atoms with E-state index >= 15 is 0 Å². The molecule has 1 saturated heterocycles. The normalized spacial score (nSPS) is 20.5. The highest BCUT2D eigenvalue weighted by atomic mass is 35.5. The molecule has 0 aromatic heterocycles. The summed E-state index contributed by atoms with van der Waals surface area (Å²) in [4.78, 5) is 38.6. The minimum absolute atomic E-state index is 0.0180. The molecule has 1 unspecified atom stereocenters. The fourth-order valence-corrected chi connectivity index (χ4v) is 3.24. The summed E-state index contributed by atoms with van der Waals surface area (Å²) in [6.07, 6.45) is 5.07. The molecule has 4 amide bonds. The standard InChI is InChI=1S/C16H18ClN3O3.C3H6/c1-9-5-10-7-20(8-11(10)6-12(9)17)14(21)4-3-13-15(22)18-16(23)19(13)2;1-2-3-1/h5-6,13H,3-4,7-8H2,1-2H3,(H,18,22,23);1-3H2. The first-order valence-electron chi connectivity index (χ1n) is 9.00. The molecule has 1 aromatic rings. The van der Waals surface area contributed by atoms with Crippen LogP contribution in [0.4, 0.5) is 4.79 Å². The second-order valence-corrected chi connectivity index (χ2v) is 7.55. The van der Waals surface area contributed by atoms with Gasteiger partial charge in [0.15, 0.2) is 0 Å². The Morgan fingerprint density at radius 3 is 2.35 bits per heavy atom. The number of carbonyl (C=O) groups excluding carboxylic acids is 3. The summed E-state index contributed by atoms with van der Waals surface area (Å²) < 4.78 is 0. The Kier molecular flexibility index (Phi) is 5.51. The molecular formula is C19H24ClN3O3. The van der Waals surface area contributed by atoms with Gasteiger partial charge in [0.2, 0.25) is 5.91 Å². The van der Waals surface area contributed by atoms with E-state index in [0.29, 0.717) is 24.5 Å². The molecule has 1 aliphatic carbocycles. The third-order valence-electron chi connectivity index (χ3n) is 4.86. The third-order valence-corrected chi connectivity index (χ3v) is 5.27. The summed E-state index contributed by atoms with van der Waals surface area (Å²) in [5, 5.41) is 2.95. The lowest BCUT2D eigenvalue weighted by molar-refractivity contribution is -0.132. The first-order chi connectivity index (χ1) is 12.4. The molecular weight excluding hydrogens is 354 g/mol. The Morgan fingerprint density at radius 1 is 1.19 bits per heavy atom. The van der Waals surface area contributed by atoms with Crippen LogP contribution in [0.25, 0.3) is 0 Å². The van der Waals surface area contributed by atoms with Crippen LogP contribution in [0, 0.1) is 6.92 Å². The van der Waals surface area contributed by atoms with Crippen LogP contribution in [0.2, 0.25) is 5.02 Å². The SMILES string of the molecule is C1CC1.Cc1cc2c(cc1Cl)CN(C(=O)CCC1C(=O)NC(=O)N1C)C2. The number of imide groups is 1. The summed E-state index contributed by atoms with van der Waals surface area (Å²) in [6, 6.07) is 2.96. The number of nitrogens with one attached hydrogen (secondary N) is 1. The Bertz CT molecular complexity index is 714. The van der Waals surface area contributed by atoms with Crippen LogP contribution in [0.15, 0.2) is 12.1 Å². The zero-order valence-corrected chi connectivity index (χ0v) is 15.9. The van der Waals surface area contributed by atoms with Gasteiger partial charge in [-0.2, -0.15) is 0 Å². The number of benzene rings is 1. The molecule has 2 heterocycles. The van der Waals surface area contributed by atoms with Gasteiger partial charge in [-0.05, 0) is 36.1 Å². The molecule has 0 spiro atoms. The van der Waals surface area contributed by atoms with Crippen molar-refractivity contribution in [1.29, 1.82) is 0 Å². The second-order valence-electron chi connectivity index (χ2n) is 7.14.